The normalized spacial score (nSPS) is 17.0. The van der Waals surface area contributed by atoms with Gasteiger partial charge in [0.25, 0.3) is 0 Å². The second-order valence-corrected chi connectivity index (χ2v) is 6.97. The predicted molar refractivity (Wildman–Crippen MR) is 104 cm³/mol. The maximum Gasteiger partial charge on any atom is 0.234 e. The molecular formula is C22H28N2O2. The SMILES string of the molecule is CC(NC(=O)CN1CCC(OCc2ccccc2)CC1)c1ccccc1. The second kappa shape index (κ2) is 9.51. The number of likely N-dealkylation sites (tertiary alicyclic amines) is 1. The fourth-order valence-corrected chi connectivity index (χ4v) is 3.34. The van der Waals surface area contributed by atoms with Crippen molar-refractivity contribution in [1.29, 1.82) is 0 Å². The van der Waals surface area contributed by atoms with Crippen LogP contribution in [0.5, 0.6) is 0 Å². The number of carbonyl (C=O) groups is 1. The van der Waals surface area contributed by atoms with Crippen LogP contribution in [0.2, 0.25) is 0 Å². The van der Waals surface area contributed by atoms with Gasteiger partial charge in [-0.05, 0) is 30.9 Å². The van der Waals surface area contributed by atoms with Gasteiger partial charge in [-0.2, -0.15) is 0 Å². The van der Waals surface area contributed by atoms with Gasteiger partial charge in [0.15, 0.2) is 0 Å². The summed E-state index contributed by atoms with van der Waals surface area (Å²) in [6, 6.07) is 20.4. The molecule has 0 aromatic heterocycles. The van der Waals surface area contributed by atoms with Crippen molar-refractivity contribution in [3.8, 4) is 0 Å². The number of nitrogens with one attached hydrogen (secondary N) is 1. The van der Waals surface area contributed by atoms with E-state index >= 15 is 0 Å². The number of carbonyl (C=O) groups excluding carboxylic acids is 1. The number of benzene rings is 2. The molecule has 0 bridgehead atoms. The third kappa shape index (κ3) is 5.68. The van der Waals surface area contributed by atoms with Gasteiger partial charge in [-0.25, -0.2) is 0 Å². The van der Waals surface area contributed by atoms with E-state index in [0.29, 0.717) is 13.2 Å². The Balaban J connectivity index is 1.36. The number of hydrogen-bond donors (Lipinski definition) is 1. The Hall–Kier alpha value is -2.17. The first-order valence-electron chi connectivity index (χ1n) is 9.43. The van der Waals surface area contributed by atoms with Crippen molar-refractivity contribution in [1.82, 2.24) is 10.2 Å². The molecule has 4 heteroatoms. The lowest BCUT2D eigenvalue weighted by Crippen LogP contribution is -2.43. The van der Waals surface area contributed by atoms with Crippen molar-refractivity contribution in [2.75, 3.05) is 19.6 Å². The first-order valence-corrected chi connectivity index (χ1v) is 9.43. The highest BCUT2D eigenvalue weighted by molar-refractivity contribution is 5.78. The lowest BCUT2D eigenvalue weighted by Gasteiger charge is -2.31. The molecule has 1 heterocycles. The fourth-order valence-electron chi connectivity index (χ4n) is 3.34. The highest BCUT2D eigenvalue weighted by atomic mass is 16.5. The summed E-state index contributed by atoms with van der Waals surface area (Å²) in [6.45, 7) is 4.97. The average molecular weight is 352 g/mol. The van der Waals surface area contributed by atoms with Crippen LogP contribution in [0.3, 0.4) is 0 Å². The van der Waals surface area contributed by atoms with E-state index in [0.717, 1.165) is 31.5 Å². The van der Waals surface area contributed by atoms with Crippen LogP contribution in [0, 0.1) is 0 Å². The molecule has 1 atom stereocenters. The second-order valence-electron chi connectivity index (χ2n) is 6.97. The molecule has 1 amide bonds. The zero-order chi connectivity index (χ0) is 18.2. The molecule has 0 aliphatic carbocycles. The molecule has 1 aliphatic rings. The quantitative estimate of drug-likeness (QED) is 0.829. The number of rotatable bonds is 7. The van der Waals surface area contributed by atoms with Crippen LogP contribution < -0.4 is 5.32 Å². The average Bonchev–Trinajstić information content (AvgIpc) is 2.69. The first-order chi connectivity index (χ1) is 12.7. The monoisotopic (exact) mass is 352 g/mol. The van der Waals surface area contributed by atoms with Gasteiger partial charge in [0.2, 0.25) is 5.91 Å². The Morgan fingerprint density at radius 2 is 1.69 bits per heavy atom. The van der Waals surface area contributed by atoms with E-state index < -0.39 is 0 Å². The molecule has 1 unspecified atom stereocenters. The zero-order valence-electron chi connectivity index (χ0n) is 15.4. The van der Waals surface area contributed by atoms with Crippen LogP contribution in [0.15, 0.2) is 60.7 Å². The molecule has 0 saturated carbocycles. The number of piperidine rings is 1. The van der Waals surface area contributed by atoms with Crippen molar-refractivity contribution < 1.29 is 9.53 Å². The van der Waals surface area contributed by atoms with Gasteiger partial charge in [-0.3, -0.25) is 9.69 Å². The molecule has 0 spiro atoms. The van der Waals surface area contributed by atoms with Crippen molar-refractivity contribution in [2.24, 2.45) is 0 Å². The molecule has 0 radical (unpaired) electrons. The Labute approximate surface area is 156 Å². The van der Waals surface area contributed by atoms with Crippen LogP contribution in [-0.2, 0) is 16.1 Å². The Bertz CT molecular complexity index is 667. The van der Waals surface area contributed by atoms with E-state index in [4.69, 9.17) is 4.74 Å². The zero-order valence-corrected chi connectivity index (χ0v) is 15.4. The third-order valence-electron chi connectivity index (χ3n) is 4.91. The molecule has 4 nitrogen and oxygen atoms in total. The summed E-state index contributed by atoms with van der Waals surface area (Å²) in [6.07, 6.45) is 2.25. The lowest BCUT2D eigenvalue weighted by molar-refractivity contribution is -0.123. The molecule has 1 fully saturated rings. The van der Waals surface area contributed by atoms with Gasteiger partial charge in [-0.1, -0.05) is 60.7 Å². The number of nitrogens with zero attached hydrogens (tertiary/aromatic N) is 1. The van der Waals surface area contributed by atoms with Gasteiger partial charge >= 0.3 is 0 Å². The maximum absolute atomic E-state index is 12.3. The summed E-state index contributed by atoms with van der Waals surface area (Å²) in [5.74, 6) is 0.0880. The first kappa shape index (κ1) is 18.6. The lowest BCUT2D eigenvalue weighted by atomic mass is 10.1. The molecule has 2 aromatic rings. The standard InChI is InChI=1S/C22H28N2O2/c1-18(20-10-6-3-7-11-20)23-22(25)16-24-14-12-21(13-15-24)26-17-19-8-4-2-5-9-19/h2-11,18,21H,12-17H2,1H3,(H,23,25). The van der Waals surface area contributed by atoms with Crippen molar-refractivity contribution in [2.45, 2.75) is 38.5 Å². The maximum atomic E-state index is 12.3. The molecule has 1 aliphatic heterocycles. The van der Waals surface area contributed by atoms with E-state index in [2.05, 4.69) is 22.3 Å². The molecule has 1 N–H and O–H groups in total. The van der Waals surface area contributed by atoms with Gasteiger partial charge in [-0.15, -0.1) is 0 Å². The molecule has 3 rings (SSSR count). The van der Waals surface area contributed by atoms with Crippen molar-refractivity contribution >= 4 is 5.91 Å². The molecule has 1 saturated heterocycles. The minimum absolute atomic E-state index is 0.0374. The van der Waals surface area contributed by atoms with Crippen molar-refractivity contribution in [3.63, 3.8) is 0 Å². The van der Waals surface area contributed by atoms with Crippen LogP contribution in [-0.4, -0.2) is 36.5 Å². The minimum atomic E-state index is 0.0374. The summed E-state index contributed by atoms with van der Waals surface area (Å²) in [5, 5.41) is 3.09. The predicted octanol–water partition coefficient (Wildman–Crippen LogP) is 3.55. The van der Waals surface area contributed by atoms with E-state index in [1.165, 1.54) is 5.56 Å². The van der Waals surface area contributed by atoms with Crippen molar-refractivity contribution in [3.05, 3.63) is 71.8 Å². The topological polar surface area (TPSA) is 41.6 Å². The van der Waals surface area contributed by atoms with E-state index in [-0.39, 0.29) is 18.1 Å². The Kier molecular flexibility index (Phi) is 6.81. The minimum Gasteiger partial charge on any atom is -0.373 e. The number of hydrogen-bond acceptors (Lipinski definition) is 3. The molecule has 138 valence electrons. The van der Waals surface area contributed by atoms with Crippen LogP contribution in [0.25, 0.3) is 0 Å². The van der Waals surface area contributed by atoms with E-state index in [1.807, 2.05) is 55.5 Å². The molecular weight excluding hydrogens is 324 g/mol. The third-order valence-corrected chi connectivity index (χ3v) is 4.91. The summed E-state index contributed by atoms with van der Waals surface area (Å²) in [5.41, 5.74) is 2.35. The Morgan fingerprint density at radius 3 is 2.35 bits per heavy atom. The van der Waals surface area contributed by atoms with Gasteiger partial charge in [0, 0.05) is 13.1 Å². The van der Waals surface area contributed by atoms with E-state index in [9.17, 15) is 4.79 Å². The van der Waals surface area contributed by atoms with Crippen LogP contribution in [0.1, 0.15) is 36.9 Å². The van der Waals surface area contributed by atoms with Crippen LogP contribution >= 0.6 is 0 Å². The highest BCUT2D eigenvalue weighted by Crippen LogP contribution is 2.16. The number of amides is 1. The van der Waals surface area contributed by atoms with Crippen LogP contribution in [0.4, 0.5) is 0 Å². The van der Waals surface area contributed by atoms with E-state index in [1.54, 1.807) is 0 Å². The summed E-state index contributed by atoms with van der Waals surface area (Å²) in [7, 11) is 0. The Morgan fingerprint density at radius 1 is 1.08 bits per heavy atom. The molecule has 26 heavy (non-hydrogen) atoms. The van der Waals surface area contributed by atoms with Gasteiger partial charge < -0.3 is 10.1 Å². The summed E-state index contributed by atoms with van der Waals surface area (Å²) < 4.78 is 6.02. The summed E-state index contributed by atoms with van der Waals surface area (Å²) >= 11 is 0. The number of ether oxygens (including phenoxy) is 1. The largest absolute Gasteiger partial charge is 0.373 e. The smallest absolute Gasteiger partial charge is 0.234 e. The highest BCUT2D eigenvalue weighted by Gasteiger charge is 2.22. The molecule has 2 aromatic carbocycles. The fraction of sp³-hybridized carbons (Fsp3) is 0.409. The van der Waals surface area contributed by atoms with Gasteiger partial charge in [0.1, 0.15) is 0 Å². The van der Waals surface area contributed by atoms with Gasteiger partial charge in [0.05, 0.1) is 25.3 Å². The summed E-state index contributed by atoms with van der Waals surface area (Å²) in [4.78, 5) is 14.5.